The molecule has 0 bridgehead atoms. The van der Waals surface area contributed by atoms with Gasteiger partial charge in [-0.25, -0.2) is 9.59 Å². The Kier molecular flexibility index (Phi) is 24.3. The number of allylic oxidation sites excluding steroid dienone is 1. The molecule has 0 aliphatic carbocycles. The molecule has 2 heterocycles. The summed E-state index contributed by atoms with van der Waals surface area (Å²) in [6.45, 7) is 12.2. The molecule has 0 aromatic carbocycles. The first-order valence-corrected chi connectivity index (χ1v) is 16.1. The largest absolute Gasteiger partial charge is 0.393 e. The number of ether oxygens (including phenoxy) is 2. The van der Waals surface area contributed by atoms with E-state index in [4.69, 9.17) is 4.74 Å². The summed E-state index contributed by atoms with van der Waals surface area (Å²) in [7, 11) is 0. The van der Waals surface area contributed by atoms with E-state index in [1.807, 2.05) is 6.08 Å². The van der Waals surface area contributed by atoms with Crippen LogP contribution in [-0.2, 0) is 28.7 Å². The molecule has 2 rings (SSSR count). The standard InChI is InChI=1S/C18H32O3.C12H24.C4H2O3/c1-4-5-6-7-8-9-10-11-12-14(2)13-16-15(3)17(19)21-18(16)20;1-3-5-7-9-11-12-10-8-6-4-2;5-3-1-2-4(6)7-3/h14-16H,4-13H2,1-3H3;3H,1,4-12H2,2H3;1-2H. The van der Waals surface area contributed by atoms with Crippen molar-refractivity contribution in [3.05, 3.63) is 24.8 Å². The third-order valence-corrected chi connectivity index (χ3v) is 7.50. The smallest absolute Gasteiger partial charge is 0.338 e. The van der Waals surface area contributed by atoms with Gasteiger partial charge in [-0.05, 0) is 25.2 Å². The molecule has 1 fully saturated rings. The van der Waals surface area contributed by atoms with Gasteiger partial charge in [-0.15, -0.1) is 6.58 Å². The maximum atomic E-state index is 11.6. The molecule has 6 nitrogen and oxygen atoms in total. The Morgan fingerprint density at radius 1 is 0.700 bits per heavy atom. The summed E-state index contributed by atoms with van der Waals surface area (Å²) in [5.74, 6) is -1.77. The average Bonchev–Trinajstić information content (AvgIpc) is 3.42. The van der Waals surface area contributed by atoms with Gasteiger partial charge in [0.15, 0.2) is 0 Å². The average molecular weight is 563 g/mol. The maximum Gasteiger partial charge on any atom is 0.338 e. The first-order valence-electron chi connectivity index (χ1n) is 16.1. The molecule has 230 valence electrons. The molecule has 6 heteroatoms. The highest BCUT2D eigenvalue weighted by atomic mass is 16.6. The summed E-state index contributed by atoms with van der Waals surface area (Å²) >= 11 is 0. The van der Waals surface area contributed by atoms with Gasteiger partial charge in [0.25, 0.3) is 0 Å². The second-order valence-corrected chi connectivity index (χ2v) is 11.4. The lowest BCUT2D eigenvalue weighted by molar-refractivity contribution is -0.154. The summed E-state index contributed by atoms with van der Waals surface area (Å²) in [5.41, 5.74) is 0. The van der Waals surface area contributed by atoms with E-state index in [0.29, 0.717) is 5.92 Å². The zero-order chi connectivity index (χ0) is 30.0. The molecule has 0 spiro atoms. The van der Waals surface area contributed by atoms with Crippen LogP contribution in [0.2, 0.25) is 0 Å². The molecule has 0 radical (unpaired) electrons. The SMILES string of the molecule is C=CCCCCCCCCCC.CCCCCCCCCCC(C)CC1C(=O)OC(=O)C1C.O=C1C=CC(=O)O1. The van der Waals surface area contributed by atoms with Gasteiger partial charge >= 0.3 is 23.9 Å². The summed E-state index contributed by atoms with van der Waals surface area (Å²) in [5, 5.41) is 0. The number of esters is 4. The van der Waals surface area contributed by atoms with E-state index in [2.05, 4.69) is 32.1 Å². The molecular formula is C34H58O6. The molecule has 0 amide bonds. The van der Waals surface area contributed by atoms with Crippen molar-refractivity contribution in [2.24, 2.45) is 17.8 Å². The maximum absolute atomic E-state index is 11.6. The van der Waals surface area contributed by atoms with Gasteiger partial charge < -0.3 is 9.47 Å². The quantitative estimate of drug-likeness (QED) is 0.0636. The fraction of sp³-hybridized carbons (Fsp3) is 0.765. The number of carbonyl (C=O) groups is 4. The second kappa shape index (κ2) is 25.7. The summed E-state index contributed by atoms with van der Waals surface area (Å²) in [4.78, 5) is 42.8. The summed E-state index contributed by atoms with van der Waals surface area (Å²) in [6.07, 6.45) is 29.3. The normalized spacial score (nSPS) is 18.4. The molecule has 0 aromatic heterocycles. The number of carbonyl (C=O) groups excluding carboxylic acids is 4. The van der Waals surface area contributed by atoms with E-state index in [9.17, 15) is 19.2 Å². The van der Waals surface area contributed by atoms with Crippen LogP contribution >= 0.6 is 0 Å². The molecule has 2 aliphatic rings. The van der Waals surface area contributed by atoms with Crippen molar-refractivity contribution in [3.63, 3.8) is 0 Å². The van der Waals surface area contributed by atoms with E-state index in [1.54, 1.807) is 6.92 Å². The molecule has 3 unspecified atom stereocenters. The summed E-state index contributed by atoms with van der Waals surface area (Å²) in [6, 6.07) is 0. The van der Waals surface area contributed by atoms with Gasteiger partial charge in [0.2, 0.25) is 0 Å². The van der Waals surface area contributed by atoms with Crippen molar-refractivity contribution >= 4 is 23.9 Å². The minimum Gasteiger partial charge on any atom is -0.393 e. The van der Waals surface area contributed by atoms with Crippen molar-refractivity contribution in [2.75, 3.05) is 0 Å². The zero-order valence-corrected chi connectivity index (χ0v) is 26.1. The molecule has 1 saturated heterocycles. The van der Waals surface area contributed by atoms with Crippen LogP contribution in [0.1, 0.15) is 150 Å². The third kappa shape index (κ3) is 20.6. The van der Waals surface area contributed by atoms with Crippen molar-refractivity contribution < 1.29 is 28.7 Å². The lowest BCUT2D eigenvalue weighted by Gasteiger charge is -2.15. The first kappa shape index (κ1) is 37.8. The molecule has 0 N–H and O–H groups in total. The number of hydrogen-bond acceptors (Lipinski definition) is 6. The molecular weight excluding hydrogens is 504 g/mol. The number of rotatable bonds is 20. The Labute approximate surface area is 244 Å². The Hall–Kier alpha value is -2.24. The Morgan fingerprint density at radius 3 is 1.52 bits per heavy atom. The van der Waals surface area contributed by atoms with Crippen LogP contribution in [0.25, 0.3) is 0 Å². The van der Waals surface area contributed by atoms with Crippen LogP contribution in [0.3, 0.4) is 0 Å². The highest BCUT2D eigenvalue weighted by Crippen LogP contribution is 2.30. The first-order chi connectivity index (χ1) is 19.3. The Bertz CT molecular complexity index is 725. The number of unbranched alkanes of at least 4 members (excludes halogenated alkanes) is 15. The number of hydrogen-bond donors (Lipinski definition) is 0. The second-order valence-electron chi connectivity index (χ2n) is 11.4. The predicted octanol–water partition coefficient (Wildman–Crippen LogP) is 9.21. The van der Waals surface area contributed by atoms with Crippen LogP contribution < -0.4 is 0 Å². The van der Waals surface area contributed by atoms with Gasteiger partial charge in [0.1, 0.15) is 0 Å². The van der Waals surface area contributed by atoms with E-state index < -0.39 is 11.9 Å². The van der Waals surface area contributed by atoms with E-state index in [1.165, 1.54) is 109 Å². The Balaban J connectivity index is 0.000000667. The van der Waals surface area contributed by atoms with Gasteiger partial charge in [0.05, 0.1) is 11.8 Å². The van der Waals surface area contributed by atoms with Crippen molar-refractivity contribution in [1.82, 2.24) is 0 Å². The van der Waals surface area contributed by atoms with Crippen molar-refractivity contribution in [2.45, 2.75) is 150 Å². The van der Waals surface area contributed by atoms with Crippen LogP contribution in [-0.4, -0.2) is 23.9 Å². The minimum atomic E-state index is -0.579. The van der Waals surface area contributed by atoms with E-state index in [0.717, 1.165) is 25.0 Å². The fourth-order valence-electron chi connectivity index (χ4n) is 4.84. The lowest BCUT2D eigenvalue weighted by Crippen LogP contribution is -2.17. The highest BCUT2D eigenvalue weighted by molar-refractivity contribution is 6.04. The highest BCUT2D eigenvalue weighted by Gasteiger charge is 2.41. The van der Waals surface area contributed by atoms with Crippen molar-refractivity contribution in [3.8, 4) is 0 Å². The monoisotopic (exact) mass is 562 g/mol. The van der Waals surface area contributed by atoms with E-state index in [-0.39, 0.29) is 23.8 Å². The zero-order valence-electron chi connectivity index (χ0n) is 26.1. The molecule has 2 aliphatic heterocycles. The van der Waals surface area contributed by atoms with Crippen LogP contribution in [0.5, 0.6) is 0 Å². The Morgan fingerprint density at radius 2 is 1.15 bits per heavy atom. The van der Waals surface area contributed by atoms with Gasteiger partial charge in [0, 0.05) is 12.2 Å². The molecule has 40 heavy (non-hydrogen) atoms. The van der Waals surface area contributed by atoms with Crippen LogP contribution in [0.15, 0.2) is 24.8 Å². The number of cyclic esters (lactones) is 4. The fourth-order valence-corrected chi connectivity index (χ4v) is 4.84. The van der Waals surface area contributed by atoms with Crippen LogP contribution in [0, 0.1) is 17.8 Å². The predicted molar refractivity (Wildman–Crippen MR) is 162 cm³/mol. The van der Waals surface area contributed by atoms with Gasteiger partial charge in [-0.3, -0.25) is 9.59 Å². The van der Waals surface area contributed by atoms with E-state index >= 15 is 0 Å². The lowest BCUT2D eigenvalue weighted by atomic mass is 9.85. The molecule has 3 atom stereocenters. The van der Waals surface area contributed by atoms with Gasteiger partial charge in [-0.1, -0.05) is 137 Å². The molecule has 0 saturated carbocycles. The third-order valence-electron chi connectivity index (χ3n) is 7.50. The van der Waals surface area contributed by atoms with Gasteiger partial charge in [-0.2, -0.15) is 0 Å². The van der Waals surface area contributed by atoms with Crippen molar-refractivity contribution in [1.29, 1.82) is 0 Å². The molecule has 0 aromatic rings. The van der Waals surface area contributed by atoms with Crippen LogP contribution in [0.4, 0.5) is 0 Å². The minimum absolute atomic E-state index is 0.207. The summed E-state index contributed by atoms with van der Waals surface area (Å²) < 4.78 is 8.67. The topological polar surface area (TPSA) is 86.7 Å².